The van der Waals surface area contributed by atoms with Crippen LogP contribution in [0.25, 0.3) is 6.08 Å². The summed E-state index contributed by atoms with van der Waals surface area (Å²) in [6.45, 7) is 0.412. The fourth-order valence-corrected chi connectivity index (χ4v) is 2.44. The van der Waals surface area contributed by atoms with E-state index in [9.17, 15) is 4.79 Å². The van der Waals surface area contributed by atoms with Crippen molar-refractivity contribution in [2.24, 2.45) is 0 Å². The van der Waals surface area contributed by atoms with Gasteiger partial charge in [-0.3, -0.25) is 10.1 Å². The van der Waals surface area contributed by atoms with Gasteiger partial charge in [0.1, 0.15) is 18.1 Å². The molecule has 0 atom stereocenters. The molecule has 1 amide bonds. The Bertz CT molecular complexity index is 787. The Labute approximate surface area is 144 Å². The fourth-order valence-electron chi connectivity index (χ4n) is 2.11. The number of hydrogen-bond acceptors (Lipinski definition) is 3. The van der Waals surface area contributed by atoms with Crippen molar-refractivity contribution >= 4 is 40.9 Å². The zero-order valence-corrected chi connectivity index (χ0v) is 13.6. The summed E-state index contributed by atoms with van der Waals surface area (Å²) in [7, 11) is 0. The molecule has 4 nitrogen and oxygen atoms in total. The third-order valence-corrected chi connectivity index (χ3v) is 3.70. The zero-order chi connectivity index (χ0) is 16.2. The summed E-state index contributed by atoms with van der Waals surface area (Å²) in [4.78, 5) is 11.7. The van der Waals surface area contributed by atoms with Gasteiger partial charge >= 0.3 is 0 Å². The molecule has 0 aromatic heterocycles. The number of para-hydroxylation sites is 1. The number of amides is 1. The standard InChI is InChI=1S/C17H13ClN2O2S/c18-13-7-5-11(6-8-13)10-22-15-4-2-1-3-12(15)9-14-16(21)20-17(23)19-14/h1-9H,10H2,(H2,19,20,21,23)/b14-9+. The lowest BCUT2D eigenvalue weighted by molar-refractivity contribution is -0.115. The second-order valence-corrected chi connectivity index (χ2v) is 5.76. The van der Waals surface area contributed by atoms with Crippen LogP contribution in [0.2, 0.25) is 5.02 Å². The summed E-state index contributed by atoms with van der Waals surface area (Å²) in [6.07, 6.45) is 1.71. The maximum atomic E-state index is 11.7. The van der Waals surface area contributed by atoms with Crippen LogP contribution in [0.3, 0.4) is 0 Å². The van der Waals surface area contributed by atoms with Crippen LogP contribution >= 0.6 is 23.8 Å². The molecule has 6 heteroatoms. The number of benzene rings is 2. The van der Waals surface area contributed by atoms with Gasteiger partial charge in [0.05, 0.1) is 0 Å². The van der Waals surface area contributed by atoms with Crippen LogP contribution in [0.1, 0.15) is 11.1 Å². The molecule has 1 aliphatic rings. The highest BCUT2D eigenvalue weighted by Gasteiger charge is 2.20. The average Bonchev–Trinajstić information content (AvgIpc) is 2.86. The number of hydrogen-bond donors (Lipinski definition) is 2. The summed E-state index contributed by atoms with van der Waals surface area (Å²) in [5, 5.41) is 6.34. The van der Waals surface area contributed by atoms with Crippen molar-refractivity contribution in [3.8, 4) is 5.75 Å². The predicted molar refractivity (Wildman–Crippen MR) is 94.1 cm³/mol. The first-order valence-electron chi connectivity index (χ1n) is 6.92. The second kappa shape index (κ2) is 6.81. The Morgan fingerprint density at radius 2 is 1.83 bits per heavy atom. The number of nitrogens with one attached hydrogen (secondary N) is 2. The molecule has 2 aromatic carbocycles. The van der Waals surface area contributed by atoms with E-state index in [1.165, 1.54) is 0 Å². The van der Waals surface area contributed by atoms with Gasteiger partial charge in [0.15, 0.2) is 5.11 Å². The first-order valence-corrected chi connectivity index (χ1v) is 7.71. The number of halogens is 1. The number of carbonyl (C=O) groups is 1. The van der Waals surface area contributed by atoms with Crippen molar-refractivity contribution in [2.75, 3.05) is 0 Å². The molecule has 0 unspecified atom stereocenters. The van der Waals surface area contributed by atoms with Gasteiger partial charge in [-0.15, -0.1) is 0 Å². The molecular formula is C17H13ClN2O2S. The molecule has 0 radical (unpaired) electrons. The number of rotatable bonds is 4. The highest BCUT2D eigenvalue weighted by atomic mass is 35.5. The monoisotopic (exact) mass is 344 g/mol. The van der Waals surface area contributed by atoms with Crippen molar-refractivity contribution in [2.45, 2.75) is 6.61 Å². The van der Waals surface area contributed by atoms with Crippen molar-refractivity contribution in [3.05, 3.63) is 70.4 Å². The molecule has 0 bridgehead atoms. The smallest absolute Gasteiger partial charge is 0.273 e. The van der Waals surface area contributed by atoms with Gasteiger partial charge < -0.3 is 10.1 Å². The molecule has 23 heavy (non-hydrogen) atoms. The van der Waals surface area contributed by atoms with Gasteiger partial charge in [0.25, 0.3) is 5.91 Å². The maximum absolute atomic E-state index is 11.7. The van der Waals surface area contributed by atoms with Crippen LogP contribution in [0.4, 0.5) is 0 Å². The van der Waals surface area contributed by atoms with Gasteiger partial charge in [-0.25, -0.2) is 0 Å². The molecule has 2 N–H and O–H groups in total. The summed E-state index contributed by atoms with van der Waals surface area (Å²) in [6, 6.07) is 15.0. The minimum Gasteiger partial charge on any atom is -0.488 e. The van der Waals surface area contributed by atoms with E-state index in [2.05, 4.69) is 10.6 Å². The number of ether oxygens (including phenoxy) is 1. The Hall–Kier alpha value is -2.37. The Balaban J connectivity index is 1.78. The normalized spacial score (nSPS) is 15.4. The van der Waals surface area contributed by atoms with E-state index in [0.29, 0.717) is 28.2 Å². The third kappa shape index (κ3) is 3.88. The van der Waals surface area contributed by atoms with Crippen LogP contribution in [0.15, 0.2) is 54.2 Å². The van der Waals surface area contributed by atoms with Crippen LogP contribution in [0.5, 0.6) is 5.75 Å². The van der Waals surface area contributed by atoms with E-state index in [1.807, 2.05) is 48.5 Å². The summed E-state index contributed by atoms with van der Waals surface area (Å²) >= 11 is 10.8. The van der Waals surface area contributed by atoms with Gasteiger partial charge in [-0.1, -0.05) is 41.9 Å². The average molecular weight is 345 g/mol. The van der Waals surface area contributed by atoms with E-state index in [4.69, 9.17) is 28.6 Å². The number of thiocarbonyl (C=S) groups is 1. The van der Waals surface area contributed by atoms with Crippen molar-refractivity contribution in [3.63, 3.8) is 0 Å². The molecule has 0 saturated carbocycles. The highest BCUT2D eigenvalue weighted by molar-refractivity contribution is 7.80. The first kappa shape index (κ1) is 15.5. The van der Waals surface area contributed by atoms with Crippen molar-refractivity contribution in [1.82, 2.24) is 10.6 Å². The fraction of sp³-hybridized carbons (Fsp3) is 0.0588. The molecule has 1 fully saturated rings. The third-order valence-electron chi connectivity index (χ3n) is 3.25. The number of carbonyl (C=O) groups excluding carboxylic acids is 1. The minimum atomic E-state index is -0.248. The van der Waals surface area contributed by atoms with E-state index in [-0.39, 0.29) is 5.91 Å². The Kier molecular flexibility index (Phi) is 4.60. The predicted octanol–water partition coefficient (Wildman–Crippen LogP) is 3.26. The van der Waals surface area contributed by atoms with Gasteiger partial charge in [-0.05, 0) is 42.1 Å². The van der Waals surface area contributed by atoms with Crippen LogP contribution in [-0.4, -0.2) is 11.0 Å². The molecule has 1 heterocycles. The van der Waals surface area contributed by atoms with E-state index >= 15 is 0 Å². The molecule has 116 valence electrons. The Morgan fingerprint density at radius 3 is 2.52 bits per heavy atom. The summed E-state index contributed by atoms with van der Waals surface area (Å²) in [5.41, 5.74) is 2.20. The second-order valence-electron chi connectivity index (χ2n) is 4.92. The van der Waals surface area contributed by atoms with E-state index in [1.54, 1.807) is 6.08 Å². The lowest BCUT2D eigenvalue weighted by Gasteiger charge is -2.10. The molecular weight excluding hydrogens is 332 g/mol. The van der Waals surface area contributed by atoms with Crippen LogP contribution < -0.4 is 15.4 Å². The van der Waals surface area contributed by atoms with Crippen molar-refractivity contribution in [1.29, 1.82) is 0 Å². The lowest BCUT2D eigenvalue weighted by Crippen LogP contribution is -2.21. The van der Waals surface area contributed by atoms with Gasteiger partial charge in [0.2, 0.25) is 0 Å². The molecule has 3 rings (SSSR count). The maximum Gasteiger partial charge on any atom is 0.273 e. The largest absolute Gasteiger partial charge is 0.488 e. The topological polar surface area (TPSA) is 50.4 Å². The summed E-state index contributed by atoms with van der Waals surface area (Å²) < 4.78 is 5.86. The Morgan fingerprint density at radius 1 is 1.09 bits per heavy atom. The quantitative estimate of drug-likeness (QED) is 0.660. The SMILES string of the molecule is O=C1NC(=S)N/C1=C/c1ccccc1OCc1ccc(Cl)cc1. The van der Waals surface area contributed by atoms with Crippen LogP contribution in [-0.2, 0) is 11.4 Å². The van der Waals surface area contributed by atoms with E-state index < -0.39 is 0 Å². The van der Waals surface area contributed by atoms with Gasteiger partial charge in [0, 0.05) is 10.6 Å². The molecule has 1 saturated heterocycles. The summed E-state index contributed by atoms with van der Waals surface area (Å²) in [5.74, 6) is 0.435. The van der Waals surface area contributed by atoms with Crippen LogP contribution in [0, 0.1) is 0 Å². The highest BCUT2D eigenvalue weighted by Crippen LogP contribution is 2.22. The minimum absolute atomic E-state index is 0.248. The zero-order valence-electron chi connectivity index (χ0n) is 12.0. The first-order chi connectivity index (χ1) is 11.1. The van der Waals surface area contributed by atoms with Gasteiger partial charge in [-0.2, -0.15) is 0 Å². The lowest BCUT2D eigenvalue weighted by atomic mass is 10.1. The molecule has 2 aromatic rings. The van der Waals surface area contributed by atoms with Crippen molar-refractivity contribution < 1.29 is 9.53 Å². The van der Waals surface area contributed by atoms with E-state index in [0.717, 1.165) is 11.1 Å². The molecule has 0 aliphatic carbocycles. The molecule has 0 spiro atoms. The molecule has 1 aliphatic heterocycles.